The molecule has 0 aromatic rings. The highest BCUT2D eigenvalue weighted by Gasteiger charge is 2.10. The van der Waals surface area contributed by atoms with E-state index in [0.717, 1.165) is 19.5 Å². The first-order chi connectivity index (χ1) is 13.1. The fourth-order valence-electron chi connectivity index (χ4n) is 3.59. The van der Waals surface area contributed by atoms with Crippen LogP contribution in [-0.2, 0) is 0 Å². The van der Waals surface area contributed by atoms with E-state index in [1.54, 1.807) is 0 Å². The minimum absolute atomic E-state index is 0.681. The third-order valence-corrected chi connectivity index (χ3v) is 5.63. The monoisotopic (exact) mass is 385 g/mol. The molecule has 0 unspecified atom stereocenters. The average molecular weight is 386 g/mol. The molecule has 4 N–H and O–H groups in total. The van der Waals surface area contributed by atoms with Gasteiger partial charge in [-0.3, -0.25) is 0 Å². The van der Waals surface area contributed by atoms with Gasteiger partial charge in [-0.05, 0) is 13.0 Å². The molecular formula is C23H53N4+. The largest absolute Gasteiger partial charge is 0.317 e. The zero-order valence-electron chi connectivity index (χ0n) is 19.2. The maximum absolute atomic E-state index is 5.49. The highest BCUT2D eigenvalue weighted by Crippen LogP contribution is 2.13. The average Bonchev–Trinajstić information content (AvgIpc) is 2.66. The van der Waals surface area contributed by atoms with Crippen LogP contribution in [0.4, 0.5) is 0 Å². The van der Waals surface area contributed by atoms with Crippen molar-refractivity contribution in [1.29, 1.82) is 0 Å². The third-order valence-electron chi connectivity index (χ3n) is 5.63. The minimum atomic E-state index is 0.681. The van der Waals surface area contributed by atoms with Gasteiger partial charge in [-0.15, -0.1) is 5.53 Å². The topological polar surface area (TPSA) is 50.1 Å². The molecule has 4 nitrogen and oxygen atoms in total. The fraction of sp³-hybridized carbons (Fsp3) is 1.00. The number of hydrazine groups is 1. The van der Waals surface area contributed by atoms with Gasteiger partial charge in [0.25, 0.3) is 0 Å². The predicted octanol–water partition coefficient (Wildman–Crippen LogP) is 5.68. The number of nitrogens with two attached hydrogens (primary N) is 1. The molecule has 0 aliphatic heterocycles. The quantitative estimate of drug-likeness (QED) is 0.0972. The second kappa shape index (κ2) is 20.6. The maximum Gasteiger partial charge on any atom is 0.0981 e. The summed E-state index contributed by atoms with van der Waals surface area (Å²) >= 11 is 0. The van der Waals surface area contributed by atoms with Crippen LogP contribution < -0.4 is 16.7 Å². The van der Waals surface area contributed by atoms with Crippen molar-refractivity contribution in [1.82, 2.24) is 10.9 Å². The summed E-state index contributed by atoms with van der Waals surface area (Å²) in [5.74, 6) is 5.49. The number of quaternary nitrogens is 1. The molecule has 0 saturated carbocycles. The molecule has 0 aromatic carbocycles. The Balaban J connectivity index is 3.05. The van der Waals surface area contributed by atoms with Crippen LogP contribution in [0.25, 0.3) is 0 Å². The van der Waals surface area contributed by atoms with E-state index in [2.05, 4.69) is 31.9 Å². The predicted molar refractivity (Wildman–Crippen MR) is 121 cm³/mol. The zero-order chi connectivity index (χ0) is 20.1. The summed E-state index contributed by atoms with van der Waals surface area (Å²) < 4.78 is 0.681. The van der Waals surface area contributed by atoms with E-state index in [0.29, 0.717) is 4.59 Å². The molecule has 0 heterocycles. The fourth-order valence-corrected chi connectivity index (χ4v) is 3.59. The van der Waals surface area contributed by atoms with Crippen LogP contribution in [0.1, 0.15) is 116 Å². The van der Waals surface area contributed by atoms with Gasteiger partial charge >= 0.3 is 0 Å². The highest BCUT2D eigenvalue weighted by atomic mass is 15.7. The number of nitrogens with zero attached hydrogens (tertiary/aromatic N) is 1. The van der Waals surface area contributed by atoms with E-state index in [9.17, 15) is 0 Å². The first-order valence-electron chi connectivity index (χ1n) is 12.1. The molecular weight excluding hydrogens is 332 g/mol. The van der Waals surface area contributed by atoms with Gasteiger partial charge in [-0.1, -0.05) is 103 Å². The molecule has 0 fully saturated rings. The molecule has 0 bridgehead atoms. The Hall–Kier alpha value is -0.160. The lowest BCUT2D eigenvalue weighted by molar-refractivity contribution is -0.935. The number of hydrogen-bond donors (Lipinski definition) is 3. The lowest BCUT2D eigenvalue weighted by Crippen LogP contribution is -2.56. The molecule has 0 rings (SSSR count). The highest BCUT2D eigenvalue weighted by molar-refractivity contribution is 4.52. The number of rotatable bonds is 22. The van der Waals surface area contributed by atoms with Crippen LogP contribution in [0, 0.1) is 0 Å². The molecule has 4 heteroatoms. The molecule has 0 aromatic heterocycles. The molecule has 0 saturated heterocycles. The summed E-state index contributed by atoms with van der Waals surface area (Å²) in [7, 11) is 4.19. The van der Waals surface area contributed by atoms with Crippen LogP contribution in [0.2, 0.25) is 0 Å². The normalized spacial score (nSPS) is 12.0. The van der Waals surface area contributed by atoms with Crippen LogP contribution in [0.15, 0.2) is 0 Å². The van der Waals surface area contributed by atoms with Crippen LogP contribution in [0.3, 0.4) is 0 Å². The van der Waals surface area contributed by atoms with E-state index >= 15 is 0 Å². The molecule has 0 atom stereocenters. The van der Waals surface area contributed by atoms with Crippen LogP contribution in [-0.4, -0.2) is 38.3 Å². The van der Waals surface area contributed by atoms with Crippen molar-refractivity contribution in [2.24, 2.45) is 5.84 Å². The van der Waals surface area contributed by atoms with Crippen molar-refractivity contribution in [3.05, 3.63) is 0 Å². The summed E-state index contributed by atoms with van der Waals surface area (Å²) in [6.45, 7) is 5.62. The Bertz CT molecular complexity index is 282. The van der Waals surface area contributed by atoms with Gasteiger partial charge in [-0.2, -0.15) is 0 Å². The lowest BCUT2D eigenvalue weighted by Gasteiger charge is -2.26. The second-order valence-electron chi connectivity index (χ2n) is 8.94. The van der Waals surface area contributed by atoms with Crippen molar-refractivity contribution < 1.29 is 4.59 Å². The van der Waals surface area contributed by atoms with Gasteiger partial charge in [-0.25, -0.2) is 10.4 Å². The smallest absolute Gasteiger partial charge is 0.0981 e. The van der Waals surface area contributed by atoms with E-state index in [-0.39, 0.29) is 0 Å². The van der Waals surface area contributed by atoms with Crippen molar-refractivity contribution >= 4 is 0 Å². The Kier molecular flexibility index (Phi) is 20.4. The SMILES string of the molecule is CCCCCCCCCCCCCCCCCCNCCC[N+](C)(C)NN. The minimum Gasteiger partial charge on any atom is -0.317 e. The molecule has 0 radical (unpaired) electrons. The number of nitrogens with one attached hydrogen (secondary N) is 2. The standard InChI is InChI=1S/C23H53N4/c1-4-5-6-7-8-9-10-11-12-13-14-15-16-17-18-19-21-25-22-20-23-27(2,3)26-24/h25-26H,4-24H2,1-3H3/q+1. The molecule has 164 valence electrons. The Morgan fingerprint density at radius 3 is 1.33 bits per heavy atom. The van der Waals surface area contributed by atoms with Gasteiger partial charge in [0.15, 0.2) is 0 Å². The Morgan fingerprint density at radius 2 is 0.926 bits per heavy atom. The van der Waals surface area contributed by atoms with Gasteiger partial charge < -0.3 is 5.32 Å². The summed E-state index contributed by atoms with van der Waals surface area (Å²) in [5, 5.41) is 3.55. The second-order valence-corrected chi connectivity index (χ2v) is 8.94. The van der Waals surface area contributed by atoms with Crippen molar-refractivity contribution in [2.75, 3.05) is 33.7 Å². The number of unbranched alkanes of at least 4 members (excludes halogenated alkanes) is 15. The van der Waals surface area contributed by atoms with Crippen molar-refractivity contribution in [3.63, 3.8) is 0 Å². The molecule has 27 heavy (non-hydrogen) atoms. The lowest BCUT2D eigenvalue weighted by atomic mass is 10.0. The van der Waals surface area contributed by atoms with E-state index < -0.39 is 0 Å². The van der Waals surface area contributed by atoms with Gasteiger partial charge in [0.2, 0.25) is 0 Å². The third kappa shape index (κ3) is 22.0. The van der Waals surface area contributed by atoms with Gasteiger partial charge in [0.05, 0.1) is 20.6 Å². The van der Waals surface area contributed by atoms with Gasteiger partial charge in [0.1, 0.15) is 0 Å². The summed E-state index contributed by atoms with van der Waals surface area (Å²) in [4.78, 5) is 0. The molecule has 0 amide bonds. The first-order valence-corrected chi connectivity index (χ1v) is 12.1. The van der Waals surface area contributed by atoms with E-state index in [1.807, 2.05) is 0 Å². The molecule has 0 aliphatic carbocycles. The Labute approximate surface area is 171 Å². The first kappa shape index (κ1) is 26.8. The van der Waals surface area contributed by atoms with Gasteiger partial charge in [0, 0.05) is 13.0 Å². The molecule has 0 aliphatic rings. The van der Waals surface area contributed by atoms with Crippen molar-refractivity contribution in [3.8, 4) is 0 Å². The number of hydrogen-bond acceptors (Lipinski definition) is 3. The Morgan fingerprint density at radius 1 is 0.556 bits per heavy atom. The summed E-state index contributed by atoms with van der Waals surface area (Å²) in [5.41, 5.74) is 2.81. The maximum atomic E-state index is 5.49. The van der Waals surface area contributed by atoms with Crippen molar-refractivity contribution in [2.45, 2.75) is 116 Å². The van der Waals surface area contributed by atoms with E-state index in [1.165, 1.54) is 109 Å². The zero-order valence-corrected chi connectivity index (χ0v) is 19.2. The van der Waals surface area contributed by atoms with Crippen LogP contribution >= 0.6 is 0 Å². The summed E-state index contributed by atoms with van der Waals surface area (Å²) in [6.07, 6.45) is 24.2. The van der Waals surface area contributed by atoms with E-state index in [4.69, 9.17) is 5.84 Å². The molecule has 0 spiro atoms. The van der Waals surface area contributed by atoms with Crippen LogP contribution in [0.5, 0.6) is 0 Å². The summed E-state index contributed by atoms with van der Waals surface area (Å²) in [6, 6.07) is 0.